The van der Waals surface area contributed by atoms with Crippen LogP contribution in [0.5, 0.6) is 0 Å². The molecule has 1 N–H and O–H groups in total. The summed E-state index contributed by atoms with van der Waals surface area (Å²) >= 11 is 7.14. The molecular weight excluding hydrogens is 420 g/mol. The molecule has 1 saturated heterocycles. The van der Waals surface area contributed by atoms with Crippen molar-refractivity contribution in [2.24, 2.45) is 0 Å². The summed E-state index contributed by atoms with van der Waals surface area (Å²) < 4.78 is 26.7. The maximum Gasteiger partial charge on any atom is 0.238 e. The van der Waals surface area contributed by atoms with E-state index in [1.165, 1.54) is 21.7 Å². The van der Waals surface area contributed by atoms with Crippen molar-refractivity contribution in [2.45, 2.75) is 6.92 Å². The lowest BCUT2D eigenvalue weighted by molar-refractivity contribution is -0.133. The lowest BCUT2D eigenvalue weighted by atomic mass is 10.3. The highest BCUT2D eigenvalue weighted by Gasteiger charge is 2.30. The number of nitrogens with one attached hydrogen (secondary N) is 1. The number of pyridine rings is 1. The second kappa shape index (κ2) is 9.04. The Bertz CT molecular complexity index is 975. The van der Waals surface area contributed by atoms with Gasteiger partial charge in [-0.2, -0.15) is 4.31 Å². The zero-order chi connectivity index (χ0) is 20.1. The zero-order valence-electron chi connectivity index (χ0n) is 15.3. The van der Waals surface area contributed by atoms with Crippen molar-refractivity contribution in [1.82, 2.24) is 14.2 Å². The largest absolute Gasteiger partial charge is 0.383 e. The van der Waals surface area contributed by atoms with Gasteiger partial charge in [-0.3, -0.25) is 9.78 Å². The topological polar surface area (TPSA) is 82.6 Å². The van der Waals surface area contributed by atoms with Gasteiger partial charge in [-0.25, -0.2) is 8.42 Å². The minimum Gasteiger partial charge on any atom is -0.383 e. The average Bonchev–Trinajstić information content (AvgIpc) is 3.07. The molecule has 1 amide bonds. The molecule has 0 unspecified atom stereocenters. The Hall–Kier alpha value is -1.94. The number of carbonyl (C=O) groups excluding carboxylic acids is 1. The molecule has 0 spiro atoms. The summed E-state index contributed by atoms with van der Waals surface area (Å²) in [7, 11) is -3.65. The molecule has 150 valence electrons. The Labute approximate surface area is 173 Å². The summed E-state index contributed by atoms with van der Waals surface area (Å²) in [6.45, 7) is 3.51. The molecule has 1 fully saturated rings. The Morgan fingerprint density at radius 3 is 2.82 bits per heavy atom. The van der Waals surface area contributed by atoms with Crippen LogP contribution in [0.4, 0.5) is 5.69 Å². The number of aryl methyl sites for hydroxylation is 1. The van der Waals surface area contributed by atoms with Crippen LogP contribution in [0.3, 0.4) is 0 Å². The molecule has 0 aromatic carbocycles. The van der Waals surface area contributed by atoms with Crippen molar-refractivity contribution in [3.8, 4) is 0 Å². The third kappa shape index (κ3) is 5.54. The Morgan fingerprint density at radius 2 is 2.14 bits per heavy atom. The van der Waals surface area contributed by atoms with Gasteiger partial charge in [-0.05, 0) is 37.3 Å². The number of rotatable bonds is 7. The van der Waals surface area contributed by atoms with Gasteiger partial charge in [-0.15, -0.1) is 11.3 Å². The van der Waals surface area contributed by atoms with Gasteiger partial charge in [0.15, 0.2) is 0 Å². The van der Waals surface area contributed by atoms with E-state index in [1.54, 1.807) is 23.2 Å². The van der Waals surface area contributed by atoms with Gasteiger partial charge in [0.05, 0.1) is 10.9 Å². The van der Waals surface area contributed by atoms with Crippen LogP contribution in [0.1, 0.15) is 10.6 Å². The molecular formula is C18H21ClN4O3S2. The molecule has 2 aromatic heterocycles. The van der Waals surface area contributed by atoms with Gasteiger partial charge in [0, 0.05) is 54.0 Å². The van der Waals surface area contributed by atoms with E-state index in [1.807, 2.05) is 19.1 Å². The van der Waals surface area contributed by atoms with E-state index in [9.17, 15) is 13.2 Å². The van der Waals surface area contributed by atoms with Crippen molar-refractivity contribution in [2.75, 3.05) is 38.0 Å². The third-order valence-corrected chi connectivity index (χ3v) is 6.96. The maximum absolute atomic E-state index is 12.5. The molecule has 2 aromatic rings. The van der Waals surface area contributed by atoms with E-state index in [4.69, 9.17) is 11.6 Å². The molecule has 28 heavy (non-hydrogen) atoms. The number of halogens is 1. The Balaban J connectivity index is 1.51. The number of piperazine rings is 1. The molecule has 1 aliphatic heterocycles. The van der Waals surface area contributed by atoms with Crippen molar-refractivity contribution in [3.63, 3.8) is 0 Å². The summed E-state index contributed by atoms with van der Waals surface area (Å²) in [6, 6.07) is 7.26. The predicted octanol–water partition coefficient (Wildman–Crippen LogP) is 2.66. The standard InChI is InChI=1S/C18H21ClN4O3S2/c1-14-12-15(4-6-20-14)21-7-8-22-9-10-23(13-18(22)24)28(25,26)11-5-16-2-3-17(19)27-16/h2-6,11-12H,7-10,13H2,1H3,(H,20,21). The van der Waals surface area contributed by atoms with Gasteiger partial charge >= 0.3 is 0 Å². The van der Waals surface area contributed by atoms with Crippen molar-refractivity contribution < 1.29 is 13.2 Å². The first kappa shape index (κ1) is 20.8. The van der Waals surface area contributed by atoms with Crippen molar-refractivity contribution in [3.05, 3.63) is 50.8 Å². The molecule has 1 aliphatic rings. The summed E-state index contributed by atoms with van der Waals surface area (Å²) in [5, 5.41) is 4.38. The van der Waals surface area contributed by atoms with E-state index in [2.05, 4.69) is 10.3 Å². The lowest BCUT2D eigenvalue weighted by Crippen LogP contribution is -2.52. The number of hydrogen-bond donors (Lipinski definition) is 1. The summed E-state index contributed by atoms with van der Waals surface area (Å²) in [4.78, 5) is 18.9. The first-order chi connectivity index (χ1) is 13.3. The van der Waals surface area contributed by atoms with Crippen molar-refractivity contribution in [1.29, 1.82) is 0 Å². The highest BCUT2D eigenvalue weighted by molar-refractivity contribution is 7.92. The summed E-state index contributed by atoms with van der Waals surface area (Å²) in [5.74, 6) is -0.199. The molecule has 3 heterocycles. The third-order valence-electron chi connectivity index (χ3n) is 4.25. The van der Waals surface area contributed by atoms with Crippen LogP contribution in [0, 0.1) is 6.92 Å². The normalized spacial score (nSPS) is 16.1. The van der Waals surface area contributed by atoms with Crippen LogP contribution >= 0.6 is 22.9 Å². The molecule has 3 rings (SSSR count). The Kier molecular flexibility index (Phi) is 6.71. The second-order valence-electron chi connectivity index (χ2n) is 6.32. The van der Waals surface area contributed by atoms with Gasteiger partial charge in [-0.1, -0.05) is 11.6 Å². The number of hydrogen-bond acceptors (Lipinski definition) is 6. The van der Waals surface area contributed by atoms with Crippen LogP contribution in [-0.2, 0) is 14.8 Å². The highest BCUT2D eigenvalue weighted by atomic mass is 35.5. The van der Waals surface area contributed by atoms with E-state index in [0.29, 0.717) is 24.0 Å². The highest BCUT2D eigenvalue weighted by Crippen LogP contribution is 2.23. The van der Waals surface area contributed by atoms with Crippen LogP contribution in [0.15, 0.2) is 35.9 Å². The Morgan fingerprint density at radius 1 is 1.32 bits per heavy atom. The second-order valence-corrected chi connectivity index (χ2v) is 9.88. The first-order valence-corrected chi connectivity index (χ1v) is 11.4. The van der Waals surface area contributed by atoms with Crippen LogP contribution in [0.25, 0.3) is 6.08 Å². The molecule has 7 nitrogen and oxygen atoms in total. The first-order valence-electron chi connectivity index (χ1n) is 8.71. The van der Waals surface area contributed by atoms with Gasteiger partial charge in [0.1, 0.15) is 0 Å². The minimum atomic E-state index is -3.65. The fourth-order valence-electron chi connectivity index (χ4n) is 2.79. The molecule has 10 heteroatoms. The van der Waals surface area contributed by atoms with Crippen molar-refractivity contribution >= 4 is 50.6 Å². The fraction of sp³-hybridized carbons (Fsp3) is 0.333. The number of thiophene rings is 1. The maximum atomic E-state index is 12.5. The quantitative estimate of drug-likeness (QED) is 0.715. The lowest BCUT2D eigenvalue weighted by Gasteiger charge is -2.33. The minimum absolute atomic E-state index is 0.147. The number of amides is 1. The average molecular weight is 441 g/mol. The van der Waals surface area contributed by atoms with E-state index >= 15 is 0 Å². The molecule has 0 aliphatic carbocycles. The molecule has 0 saturated carbocycles. The van der Waals surface area contributed by atoms with Crippen LogP contribution < -0.4 is 5.32 Å². The smallest absolute Gasteiger partial charge is 0.238 e. The zero-order valence-corrected chi connectivity index (χ0v) is 17.7. The van der Waals surface area contributed by atoms with E-state index < -0.39 is 10.0 Å². The number of nitrogens with zero attached hydrogens (tertiary/aromatic N) is 3. The number of anilines is 1. The molecule has 0 atom stereocenters. The number of carbonyl (C=O) groups is 1. The monoisotopic (exact) mass is 440 g/mol. The van der Waals surface area contributed by atoms with Gasteiger partial charge in [0.25, 0.3) is 0 Å². The number of sulfonamides is 1. The summed E-state index contributed by atoms with van der Waals surface area (Å²) in [5.41, 5.74) is 1.86. The fourth-order valence-corrected chi connectivity index (χ4v) is 4.96. The molecule has 0 bridgehead atoms. The SMILES string of the molecule is Cc1cc(NCCN2CCN(S(=O)(=O)C=Cc3ccc(Cl)s3)CC2=O)ccn1. The van der Waals surface area contributed by atoms with Gasteiger partial charge < -0.3 is 10.2 Å². The van der Waals surface area contributed by atoms with E-state index in [-0.39, 0.29) is 19.0 Å². The summed E-state index contributed by atoms with van der Waals surface area (Å²) in [6.07, 6.45) is 3.23. The van der Waals surface area contributed by atoms with E-state index in [0.717, 1.165) is 21.7 Å². The number of aromatic nitrogens is 1. The molecule has 0 radical (unpaired) electrons. The van der Waals surface area contributed by atoms with Gasteiger partial charge in [0.2, 0.25) is 15.9 Å². The van der Waals surface area contributed by atoms with Crippen LogP contribution in [0.2, 0.25) is 4.34 Å². The van der Waals surface area contributed by atoms with Crippen LogP contribution in [-0.4, -0.2) is 61.2 Å². The predicted molar refractivity (Wildman–Crippen MR) is 113 cm³/mol.